The molecule has 3 nitrogen and oxygen atoms in total. The molecule has 0 radical (unpaired) electrons. The first-order chi connectivity index (χ1) is 11.9. The Bertz CT molecular complexity index is 827. The molecule has 0 saturated carbocycles. The van der Waals surface area contributed by atoms with E-state index in [4.69, 9.17) is 0 Å². The van der Waals surface area contributed by atoms with Gasteiger partial charge in [-0.3, -0.25) is 4.79 Å². The van der Waals surface area contributed by atoms with Crippen LogP contribution in [0.4, 0.5) is 0 Å². The van der Waals surface area contributed by atoms with Gasteiger partial charge in [0.25, 0.3) is 5.91 Å². The largest absolute Gasteiger partial charge is 0.369 e. The summed E-state index contributed by atoms with van der Waals surface area (Å²) in [6.07, 6.45) is -0.0157. The Morgan fingerprint density at radius 2 is 1.60 bits per heavy atom. The summed E-state index contributed by atoms with van der Waals surface area (Å²) in [5, 5.41) is 11.2. The van der Waals surface area contributed by atoms with Crippen LogP contribution in [0.5, 0.6) is 0 Å². The minimum absolute atomic E-state index is 0.0655. The number of thioether (sulfide) groups is 1. The molecule has 1 N–H and O–H groups in total. The highest BCUT2D eigenvalue weighted by atomic mass is 32.2. The molecule has 4 heteroatoms. The molecule has 3 atom stereocenters. The average Bonchev–Trinajstić information content (AvgIpc) is 3.03. The van der Waals surface area contributed by atoms with Crippen molar-refractivity contribution in [2.45, 2.75) is 49.5 Å². The second-order valence-electron chi connectivity index (χ2n) is 7.77. The number of amides is 1. The van der Waals surface area contributed by atoms with E-state index in [1.807, 2.05) is 42.1 Å². The molecule has 1 heterocycles. The van der Waals surface area contributed by atoms with Crippen molar-refractivity contribution in [1.29, 1.82) is 0 Å². The minimum Gasteiger partial charge on any atom is -0.369 e. The Balaban J connectivity index is 1.72. The monoisotopic (exact) mass is 353 g/mol. The van der Waals surface area contributed by atoms with Gasteiger partial charge in [-0.25, -0.2) is 0 Å². The maximum absolute atomic E-state index is 13.0. The summed E-state index contributed by atoms with van der Waals surface area (Å²) in [6.45, 7) is 6.66. The van der Waals surface area contributed by atoms with Crippen LogP contribution < -0.4 is 0 Å². The lowest BCUT2D eigenvalue weighted by Crippen LogP contribution is -2.31. The van der Waals surface area contributed by atoms with Crippen LogP contribution in [0.25, 0.3) is 0 Å². The Morgan fingerprint density at radius 3 is 2.24 bits per heavy atom. The molecule has 4 rings (SSSR count). The molecular weight excluding hydrogens is 330 g/mol. The predicted molar refractivity (Wildman–Crippen MR) is 101 cm³/mol. The van der Waals surface area contributed by atoms with Crippen LogP contribution in [0.3, 0.4) is 0 Å². The van der Waals surface area contributed by atoms with E-state index in [0.29, 0.717) is 10.8 Å². The molecule has 0 fully saturated rings. The van der Waals surface area contributed by atoms with Crippen molar-refractivity contribution in [1.82, 2.24) is 4.90 Å². The molecule has 0 spiro atoms. The van der Waals surface area contributed by atoms with Gasteiger partial charge in [-0.1, -0.05) is 63.2 Å². The quantitative estimate of drug-likeness (QED) is 0.839. The SMILES string of the molecule is CC(C)(C)SC1CC(N2C(=O)c3ccccc3C2O)c2ccccc21. The number of carbonyl (C=O) groups excluding carboxylic acids is 1. The second-order valence-corrected chi connectivity index (χ2v) is 9.80. The fourth-order valence-electron chi connectivity index (χ4n) is 3.99. The molecule has 1 aliphatic heterocycles. The van der Waals surface area contributed by atoms with Crippen LogP contribution in [0.2, 0.25) is 0 Å². The van der Waals surface area contributed by atoms with E-state index >= 15 is 0 Å². The first-order valence-corrected chi connectivity index (χ1v) is 9.61. The Hall–Kier alpha value is -1.78. The van der Waals surface area contributed by atoms with Gasteiger partial charge in [0.2, 0.25) is 0 Å². The summed E-state index contributed by atoms with van der Waals surface area (Å²) < 4.78 is 0.142. The maximum atomic E-state index is 13.0. The van der Waals surface area contributed by atoms with E-state index < -0.39 is 6.23 Å². The van der Waals surface area contributed by atoms with Gasteiger partial charge >= 0.3 is 0 Å². The zero-order valence-corrected chi connectivity index (χ0v) is 15.6. The molecule has 0 aromatic heterocycles. The third-order valence-electron chi connectivity index (χ3n) is 4.94. The Morgan fingerprint density at radius 1 is 1.00 bits per heavy atom. The normalized spacial score (nSPS) is 25.2. The van der Waals surface area contributed by atoms with E-state index in [1.54, 1.807) is 4.90 Å². The van der Waals surface area contributed by atoms with Crippen molar-refractivity contribution in [3.05, 3.63) is 70.8 Å². The van der Waals surface area contributed by atoms with Gasteiger partial charge in [-0.05, 0) is 23.6 Å². The van der Waals surface area contributed by atoms with Crippen molar-refractivity contribution >= 4 is 17.7 Å². The van der Waals surface area contributed by atoms with E-state index in [0.717, 1.165) is 12.0 Å². The Kier molecular flexibility index (Phi) is 3.93. The Labute approximate surface area is 153 Å². The summed E-state index contributed by atoms with van der Waals surface area (Å²) in [5.41, 5.74) is 3.81. The molecule has 1 amide bonds. The van der Waals surface area contributed by atoms with E-state index in [2.05, 4.69) is 39.0 Å². The van der Waals surface area contributed by atoms with Crippen molar-refractivity contribution in [3.8, 4) is 0 Å². The lowest BCUT2D eigenvalue weighted by Gasteiger charge is -2.29. The van der Waals surface area contributed by atoms with Crippen molar-refractivity contribution in [2.24, 2.45) is 0 Å². The zero-order valence-electron chi connectivity index (χ0n) is 14.8. The van der Waals surface area contributed by atoms with Gasteiger partial charge in [-0.2, -0.15) is 0 Å². The first-order valence-electron chi connectivity index (χ1n) is 8.73. The van der Waals surface area contributed by atoms with Crippen LogP contribution >= 0.6 is 11.8 Å². The van der Waals surface area contributed by atoms with Crippen molar-refractivity contribution in [3.63, 3.8) is 0 Å². The van der Waals surface area contributed by atoms with Gasteiger partial charge in [0.15, 0.2) is 6.23 Å². The van der Waals surface area contributed by atoms with Crippen LogP contribution in [0.1, 0.15) is 71.8 Å². The molecular formula is C21H23NO2S. The summed E-state index contributed by atoms with van der Waals surface area (Å²) in [6, 6.07) is 15.7. The number of rotatable bonds is 2. The third-order valence-corrected chi connectivity index (χ3v) is 6.38. The standard InChI is InChI=1S/C21H23NO2S/c1-21(2,3)25-18-12-17(13-8-4-5-9-14(13)18)22-19(23)15-10-6-7-11-16(15)20(22)24/h4-11,17-19,23H,12H2,1-3H3. The fourth-order valence-corrected chi connectivity index (χ4v) is 5.47. The molecule has 130 valence electrons. The van der Waals surface area contributed by atoms with Crippen LogP contribution in [-0.2, 0) is 0 Å². The van der Waals surface area contributed by atoms with Crippen LogP contribution in [0.15, 0.2) is 48.5 Å². The number of nitrogens with zero attached hydrogens (tertiary/aromatic N) is 1. The number of benzene rings is 2. The highest BCUT2D eigenvalue weighted by molar-refractivity contribution is 8.00. The molecule has 2 aliphatic rings. The summed E-state index contributed by atoms with van der Waals surface area (Å²) in [7, 11) is 0. The molecule has 1 aliphatic carbocycles. The van der Waals surface area contributed by atoms with Crippen molar-refractivity contribution in [2.75, 3.05) is 0 Å². The number of fused-ring (bicyclic) bond motifs is 2. The fraction of sp³-hybridized carbons (Fsp3) is 0.381. The number of carbonyl (C=O) groups is 1. The molecule has 0 saturated heterocycles. The lowest BCUT2D eigenvalue weighted by atomic mass is 10.1. The predicted octanol–water partition coefficient (Wildman–Crippen LogP) is 4.85. The van der Waals surface area contributed by atoms with Gasteiger partial charge in [0, 0.05) is 21.1 Å². The molecule has 25 heavy (non-hydrogen) atoms. The molecule has 0 bridgehead atoms. The summed E-state index contributed by atoms with van der Waals surface area (Å²) >= 11 is 1.94. The lowest BCUT2D eigenvalue weighted by molar-refractivity contribution is -0.00372. The zero-order chi connectivity index (χ0) is 17.8. The summed E-state index contributed by atoms with van der Waals surface area (Å²) in [5.74, 6) is -0.0655. The van der Waals surface area contributed by atoms with Gasteiger partial charge in [0.1, 0.15) is 0 Å². The smallest absolute Gasteiger partial charge is 0.257 e. The number of aliphatic hydroxyl groups is 1. The highest BCUT2D eigenvalue weighted by Crippen LogP contribution is 2.54. The van der Waals surface area contributed by atoms with E-state index in [1.165, 1.54) is 11.1 Å². The number of hydrogen-bond acceptors (Lipinski definition) is 3. The van der Waals surface area contributed by atoms with Crippen LogP contribution in [-0.4, -0.2) is 20.7 Å². The topological polar surface area (TPSA) is 40.5 Å². The number of hydrogen-bond donors (Lipinski definition) is 1. The van der Waals surface area contributed by atoms with Gasteiger partial charge < -0.3 is 10.0 Å². The number of aliphatic hydroxyl groups excluding tert-OH is 1. The van der Waals surface area contributed by atoms with E-state index in [9.17, 15) is 9.90 Å². The van der Waals surface area contributed by atoms with Gasteiger partial charge in [0.05, 0.1) is 6.04 Å². The molecule has 2 aromatic rings. The highest BCUT2D eigenvalue weighted by Gasteiger charge is 2.45. The minimum atomic E-state index is -0.861. The molecule has 3 unspecified atom stereocenters. The third kappa shape index (κ3) is 2.77. The van der Waals surface area contributed by atoms with Crippen LogP contribution in [0, 0.1) is 0 Å². The second kappa shape index (κ2) is 5.89. The van der Waals surface area contributed by atoms with Gasteiger partial charge in [-0.15, -0.1) is 11.8 Å². The first kappa shape index (κ1) is 16.7. The van der Waals surface area contributed by atoms with Crippen molar-refractivity contribution < 1.29 is 9.90 Å². The summed E-state index contributed by atoms with van der Waals surface area (Å²) in [4.78, 5) is 14.6. The maximum Gasteiger partial charge on any atom is 0.257 e. The molecule has 2 aromatic carbocycles. The average molecular weight is 353 g/mol. The van der Waals surface area contributed by atoms with E-state index in [-0.39, 0.29) is 16.7 Å².